The second kappa shape index (κ2) is 9.41. The van der Waals surface area contributed by atoms with E-state index in [0.717, 1.165) is 31.5 Å². The van der Waals surface area contributed by atoms with Crippen molar-refractivity contribution < 1.29 is 13.2 Å². The fourth-order valence-corrected chi connectivity index (χ4v) is 4.04. The summed E-state index contributed by atoms with van der Waals surface area (Å²) in [6, 6.07) is 14.8. The van der Waals surface area contributed by atoms with Gasteiger partial charge in [0, 0.05) is 25.7 Å². The van der Waals surface area contributed by atoms with Gasteiger partial charge in [0.15, 0.2) is 0 Å². The fourth-order valence-electron chi connectivity index (χ4n) is 3.53. The summed E-state index contributed by atoms with van der Waals surface area (Å²) in [4.78, 5) is 15.0. The molecule has 0 saturated carbocycles. The lowest BCUT2D eigenvalue weighted by molar-refractivity contribution is 0.0950. The SMILES string of the molecule is CN(c1ccc(C(=O)NCc2ccccc2CN2CCCCC2)cc1)S(C)(=O)=O. The quantitative estimate of drug-likeness (QED) is 0.755. The molecule has 0 radical (unpaired) electrons. The highest BCUT2D eigenvalue weighted by Crippen LogP contribution is 2.18. The minimum atomic E-state index is -3.32. The highest BCUT2D eigenvalue weighted by Gasteiger charge is 2.14. The van der Waals surface area contributed by atoms with Gasteiger partial charge in [0.2, 0.25) is 10.0 Å². The summed E-state index contributed by atoms with van der Waals surface area (Å²) in [5, 5.41) is 2.98. The van der Waals surface area contributed by atoms with E-state index in [1.807, 2.05) is 12.1 Å². The number of likely N-dealkylation sites (tertiary alicyclic amines) is 1. The van der Waals surface area contributed by atoms with Crippen LogP contribution < -0.4 is 9.62 Å². The van der Waals surface area contributed by atoms with Crippen molar-refractivity contribution >= 4 is 21.6 Å². The number of piperidine rings is 1. The van der Waals surface area contributed by atoms with E-state index in [-0.39, 0.29) is 5.91 Å². The van der Waals surface area contributed by atoms with E-state index in [2.05, 4.69) is 22.3 Å². The van der Waals surface area contributed by atoms with Gasteiger partial charge in [-0.2, -0.15) is 0 Å². The lowest BCUT2D eigenvalue weighted by Gasteiger charge is -2.27. The number of nitrogens with zero attached hydrogens (tertiary/aromatic N) is 2. The first-order chi connectivity index (χ1) is 13.8. The van der Waals surface area contributed by atoms with Crippen LogP contribution in [-0.4, -0.2) is 45.6 Å². The Labute approximate surface area is 173 Å². The average Bonchev–Trinajstić information content (AvgIpc) is 2.72. The lowest BCUT2D eigenvalue weighted by Crippen LogP contribution is -2.30. The zero-order valence-corrected chi connectivity index (χ0v) is 17.9. The molecule has 2 aromatic rings. The van der Waals surface area contributed by atoms with E-state index >= 15 is 0 Å². The van der Waals surface area contributed by atoms with Crippen molar-refractivity contribution in [3.05, 3.63) is 65.2 Å². The zero-order valence-electron chi connectivity index (χ0n) is 17.1. The summed E-state index contributed by atoms with van der Waals surface area (Å²) in [5.74, 6) is -0.175. The van der Waals surface area contributed by atoms with Crippen LogP contribution in [0.2, 0.25) is 0 Å². The highest BCUT2D eigenvalue weighted by atomic mass is 32.2. The summed E-state index contributed by atoms with van der Waals surface area (Å²) in [5.41, 5.74) is 3.40. The third-order valence-electron chi connectivity index (χ3n) is 5.39. The predicted octanol–water partition coefficient (Wildman–Crippen LogP) is 3.00. The van der Waals surface area contributed by atoms with Gasteiger partial charge in [0.05, 0.1) is 11.9 Å². The van der Waals surface area contributed by atoms with E-state index in [1.165, 1.54) is 36.2 Å². The largest absolute Gasteiger partial charge is 0.348 e. The maximum atomic E-state index is 12.5. The van der Waals surface area contributed by atoms with E-state index in [1.54, 1.807) is 24.3 Å². The molecule has 0 unspecified atom stereocenters. The van der Waals surface area contributed by atoms with Gasteiger partial charge in [-0.1, -0.05) is 30.7 Å². The number of anilines is 1. The molecule has 156 valence electrons. The second-order valence-electron chi connectivity index (χ2n) is 7.57. The first-order valence-electron chi connectivity index (χ1n) is 9.96. The van der Waals surface area contributed by atoms with Crippen LogP contribution in [0.3, 0.4) is 0 Å². The Kier molecular flexibility index (Phi) is 6.92. The van der Waals surface area contributed by atoms with Crippen molar-refractivity contribution in [1.29, 1.82) is 0 Å². The molecular formula is C22H29N3O3S. The van der Waals surface area contributed by atoms with Crippen molar-refractivity contribution in [1.82, 2.24) is 10.2 Å². The van der Waals surface area contributed by atoms with Crippen molar-refractivity contribution in [3.63, 3.8) is 0 Å². The average molecular weight is 416 g/mol. The first-order valence-corrected chi connectivity index (χ1v) is 11.8. The molecule has 0 aromatic heterocycles. The second-order valence-corrected chi connectivity index (χ2v) is 9.58. The molecule has 29 heavy (non-hydrogen) atoms. The molecule has 7 heteroatoms. The van der Waals surface area contributed by atoms with E-state index in [9.17, 15) is 13.2 Å². The Morgan fingerprint density at radius 3 is 2.24 bits per heavy atom. The van der Waals surface area contributed by atoms with Crippen LogP contribution in [0.4, 0.5) is 5.69 Å². The Bertz CT molecular complexity index is 936. The van der Waals surface area contributed by atoms with Crippen molar-refractivity contribution in [2.75, 3.05) is 30.7 Å². The Morgan fingerprint density at radius 2 is 1.62 bits per heavy atom. The molecule has 0 spiro atoms. The molecule has 1 aliphatic rings. The zero-order chi connectivity index (χ0) is 20.9. The normalized spacial score (nSPS) is 15.1. The maximum Gasteiger partial charge on any atom is 0.251 e. The van der Waals surface area contributed by atoms with Gasteiger partial charge in [-0.15, -0.1) is 0 Å². The van der Waals surface area contributed by atoms with Gasteiger partial charge in [0.1, 0.15) is 0 Å². The molecule has 0 atom stereocenters. The van der Waals surface area contributed by atoms with Crippen molar-refractivity contribution in [3.8, 4) is 0 Å². The van der Waals surface area contributed by atoms with Crippen LogP contribution in [0, 0.1) is 0 Å². The van der Waals surface area contributed by atoms with E-state index in [0.29, 0.717) is 17.8 Å². The van der Waals surface area contributed by atoms with E-state index in [4.69, 9.17) is 0 Å². The molecule has 1 N–H and O–H groups in total. The van der Waals surface area contributed by atoms with Crippen molar-refractivity contribution in [2.45, 2.75) is 32.4 Å². The number of carbonyl (C=O) groups excluding carboxylic acids is 1. The molecule has 1 heterocycles. The number of benzene rings is 2. The molecule has 0 bridgehead atoms. The first kappa shape index (κ1) is 21.3. The third-order valence-corrected chi connectivity index (χ3v) is 6.60. The van der Waals surface area contributed by atoms with Crippen LogP contribution in [0.5, 0.6) is 0 Å². The van der Waals surface area contributed by atoms with Gasteiger partial charge in [-0.05, 0) is 61.3 Å². The lowest BCUT2D eigenvalue weighted by atomic mass is 10.0. The third kappa shape index (κ3) is 5.81. The van der Waals surface area contributed by atoms with Gasteiger partial charge < -0.3 is 5.32 Å². The topological polar surface area (TPSA) is 69.7 Å². The Morgan fingerprint density at radius 1 is 1.00 bits per heavy atom. The summed E-state index contributed by atoms with van der Waals surface area (Å²) in [6.45, 7) is 3.65. The summed E-state index contributed by atoms with van der Waals surface area (Å²) in [7, 11) is -1.83. The predicted molar refractivity (Wildman–Crippen MR) is 116 cm³/mol. The standard InChI is InChI=1S/C22H29N3O3S/c1-24(29(2,27)28)21-12-10-18(11-13-21)22(26)23-16-19-8-4-5-9-20(19)17-25-14-6-3-7-15-25/h4-5,8-13H,3,6-7,14-17H2,1-2H3,(H,23,26). The Balaban J connectivity index is 1.62. The molecule has 1 saturated heterocycles. The maximum absolute atomic E-state index is 12.5. The number of nitrogens with one attached hydrogen (secondary N) is 1. The van der Waals surface area contributed by atoms with Gasteiger partial charge in [-0.25, -0.2) is 8.42 Å². The number of rotatable bonds is 7. The van der Waals surface area contributed by atoms with Gasteiger partial charge >= 0.3 is 0 Å². The summed E-state index contributed by atoms with van der Waals surface area (Å²) in [6.07, 6.45) is 4.97. The highest BCUT2D eigenvalue weighted by molar-refractivity contribution is 7.92. The summed E-state index contributed by atoms with van der Waals surface area (Å²) < 4.78 is 24.4. The number of hydrogen-bond donors (Lipinski definition) is 1. The fraction of sp³-hybridized carbons (Fsp3) is 0.409. The molecular weight excluding hydrogens is 386 g/mol. The summed E-state index contributed by atoms with van der Waals surface area (Å²) >= 11 is 0. The minimum Gasteiger partial charge on any atom is -0.348 e. The smallest absolute Gasteiger partial charge is 0.251 e. The molecule has 1 aliphatic heterocycles. The minimum absolute atomic E-state index is 0.175. The Hall–Kier alpha value is -2.38. The van der Waals surface area contributed by atoms with Crippen LogP contribution in [0.1, 0.15) is 40.7 Å². The number of sulfonamides is 1. The number of amides is 1. The molecule has 0 aliphatic carbocycles. The number of hydrogen-bond acceptors (Lipinski definition) is 4. The molecule has 1 amide bonds. The van der Waals surface area contributed by atoms with Gasteiger partial charge in [-0.3, -0.25) is 14.0 Å². The van der Waals surface area contributed by atoms with Crippen LogP contribution in [-0.2, 0) is 23.1 Å². The van der Waals surface area contributed by atoms with Crippen molar-refractivity contribution in [2.24, 2.45) is 0 Å². The molecule has 3 rings (SSSR count). The van der Waals surface area contributed by atoms with Crippen LogP contribution in [0.25, 0.3) is 0 Å². The van der Waals surface area contributed by atoms with Crippen LogP contribution >= 0.6 is 0 Å². The van der Waals surface area contributed by atoms with Crippen LogP contribution in [0.15, 0.2) is 48.5 Å². The number of carbonyl (C=O) groups is 1. The molecule has 6 nitrogen and oxygen atoms in total. The molecule has 1 fully saturated rings. The van der Waals surface area contributed by atoms with E-state index < -0.39 is 10.0 Å². The monoisotopic (exact) mass is 415 g/mol. The molecule has 2 aromatic carbocycles. The van der Waals surface area contributed by atoms with Gasteiger partial charge in [0.25, 0.3) is 5.91 Å².